The molecule has 0 radical (unpaired) electrons. The number of ether oxygens (including phenoxy) is 1. The molecule has 34 heavy (non-hydrogen) atoms. The van der Waals surface area contributed by atoms with Gasteiger partial charge in [-0.25, -0.2) is 0 Å². The fourth-order valence-corrected chi connectivity index (χ4v) is 4.19. The van der Waals surface area contributed by atoms with Crippen LogP contribution in [0.15, 0.2) is 42.0 Å². The van der Waals surface area contributed by atoms with Crippen molar-refractivity contribution in [1.29, 1.82) is 0 Å². The van der Waals surface area contributed by atoms with Gasteiger partial charge < -0.3 is 19.6 Å². The maximum absolute atomic E-state index is 13.1. The Kier molecular flexibility index (Phi) is 8.63. The van der Waals surface area contributed by atoms with Gasteiger partial charge in [0.2, 0.25) is 0 Å². The fourth-order valence-electron chi connectivity index (χ4n) is 3.89. The number of hydrogen-bond acceptors (Lipinski definition) is 5. The van der Waals surface area contributed by atoms with Crippen molar-refractivity contribution in [1.82, 2.24) is 9.80 Å². The zero-order valence-electron chi connectivity index (χ0n) is 19.9. The third-order valence-electron chi connectivity index (χ3n) is 5.79. The van der Waals surface area contributed by atoms with Gasteiger partial charge in [0.25, 0.3) is 11.7 Å². The van der Waals surface area contributed by atoms with Crippen LogP contribution in [0.2, 0.25) is 10.0 Å². The van der Waals surface area contributed by atoms with Gasteiger partial charge in [-0.05, 0) is 68.9 Å². The first-order valence-corrected chi connectivity index (χ1v) is 12.0. The van der Waals surface area contributed by atoms with E-state index >= 15 is 0 Å². The molecular weight excluding hydrogens is 475 g/mol. The van der Waals surface area contributed by atoms with Crippen LogP contribution < -0.4 is 4.74 Å². The zero-order valence-corrected chi connectivity index (χ0v) is 21.4. The highest BCUT2D eigenvalue weighted by atomic mass is 35.5. The largest absolute Gasteiger partial charge is 0.507 e. The molecular formula is C26H30Cl2N2O4. The molecule has 0 aliphatic carbocycles. The molecule has 1 N–H and O–H groups in total. The van der Waals surface area contributed by atoms with E-state index in [1.54, 1.807) is 36.4 Å². The first-order valence-electron chi connectivity index (χ1n) is 11.3. The Hall–Kier alpha value is -2.54. The molecule has 1 aliphatic rings. The highest BCUT2D eigenvalue weighted by Gasteiger charge is 2.46. The highest BCUT2D eigenvalue weighted by molar-refractivity contribution is 6.46. The summed E-state index contributed by atoms with van der Waals surface area (Å²) >= 11 is 12.4. The third kappa shape index (κ3) is 5.57. The number of aryl methyl sites for hydroxylation is 1. The number of aliphatic hydroxyl groups excluding tert-OH is 1. The smallest absolute Gasteiger partial charge is 0.295 e. The van der Waals surface area contributed by atoms with Crippen LogP contribution in [0, 0.1) is 6.92 Å². The molecule has 2 aromatic carbocycles. The van der Waals surface area contributed by atoms with E-state index in [9.17, 15) is 14.7 Å². The van der Waals surface area contributed by atoms with Crippen LogP contribution in [0.4, 0.5) is 0 Å². The number of carbonyl (C=O) groups excluding carboxylic acids is 2. The molecule has 1 amide bonds. The monoisotopic (exact) mass is 504 g/mol. The maximum Gasteiger partial charge on any atom is 0.295 e. The first kappa shape index (κ1) is 26.1. The normalized spacial score (nSPS) is 17.6. The molecule has 0 unspecified atom stereocenters. The molecule has 1 heterocycles. The van der Waals surface area contributed by atoms with Crippen LogP contribution in [0.3, 0.4) is 0 Å². The number of nitrogens with zero attached hydrogens (tertiary/aromatic N) is 2. The van der Waals surface area contributed by atoms with Crippen molar-refractivity contribution in [2.75, 3.05) is 33.8 Å². The highest BCUT2D eigenvalue weighted by Crippen LogP contribution is 2.41. The van der Waals surface area contributed by atoms with Crippen molar-refractivity contribution < 1.29 is 19.4 Å². The Morgan fingerprint density at radius 3 is 2.47 bits per heavy atom. The van der Waals surface area contributed by atoms with E-state index in [0.29, 0.717) is 40.9 Å². The second-order valence-electron chi connectivity index (χ2n) is 8.65. The van der Waals surface area contributed by atoms with Gasteiger partial charge in [-0.1, -0.05) is 42.6 Å². The van der Waals surface area contributed by atoms with Crippen LogP contribution in [0.1, 0.15) is 42.5 Å². The van der Waals surface area contributed by atoms with E-state index in [-0.39, 0.29) is 11.3 Å². The molecule has 1 saturated heterocycles. The van der Waals surface area contributed by atoms with Crippen molar-refractivity contribution in [3.63, 3.8) is 0 Å². The van der Waals surface area contributed by atoms with Gasteiger partial charge in [-0.2, -0.15) is 0 Å². The maximum atomic E-state index is 13.1. The van der Waals surface area contributed by atoms with Crippen LogP contribution in [-0.2, 0) is 9.59 Å². The summed E-state index contributed by atoms with van der Waals surface area (Å²) in [6.45, 7) is 5.44. The minimum atomic E-state index is -0.782. The second-order valence-corrected chi connectivity index (χ2v) is 9.47. The number of benzene rings is 2. The Bertz CT molecular complexity index is 1110. The van der Waals surface area contributed by atoms with E-state index in [0.717, 1.165) is 24.2 Å². The van der Waals surface area contributed by atoms with Crippen LogP contribution in [0.5, 0.6) is 5.75 Å². The summed E-state index contributed by atoms with van der Waals surface area (Å²) < 4.78 is 5.80. The van der Waals surface area contributed by atoms with Crippen molar-refractivity contribution in [3.05, 3.63) is 68.7 Å². The van der Waals surface area contributed by atoms with E-state index in [1.807, 2.05) is 25.9 Å². The number of unbranched alkanes of at least 4 members (excludes halogenated alkanes) is 1. The molecule has 0 spiro atoms. The molecule has 0 aromatic heterocycles. The fraction of sp³-hybridized carbons (Fsp3) is 0.385. The predicted molar refractivity (Wildman–Crippen MR) is 136 cm³/mol. The molecule has 1 fully saturated rings. The molecule has 0 saturated carbocycles. The predicted octanol–water partition coefficient (Wildman–Crippen LogP) is 5.46. The van der Waals surface area contributed by atoms with Crippen molar-refractivity contribution in [2.24, 2.45) is 0 Å². The quantitative estimate of drug-likeness (QED) is 0.212. The van der Waals surface area contributed by atoms with Crippen LogP contribution in [0.25, 0.3) is 5.76 Å². The average molecular weight is 505 g/mol. The molecule has 6 nitrogen and oxygen atoms in total. The summed E-state index contributed by atoms with van der Waals surface area (Å²) in [6, 6.07) is 9.42. The molecule has 1 aliphatic heterocycles. The number of Topliss-reactive ketones (excluding diaryl/α,β-unsaturated/α-hetero) is 1. The SMILES string of the molecule is CCCCOc1ccc(/C(O)=C2\C(=O)C(=O)N(CCN(C)C)[C@@H]2c2ccc(Cl)c(Cl)c2)cc1C. The minimum absolute atomic E-state index is 0.0289. The Balaban J connectivity index is 2.08. The first-order chi connectivity index (χ1) is 16.1. The zero-order chi connectivity index (χ0) is 25.0. The Morgan fingerprint density at radius 2 is 1.85 bits per heavy atom. The third-order valence-corrected chi connectivity index (χ3v) is 6.53. The number of halogens is 2. The van der Waals surface area contributed by atoms with E-state index in [4.69, 9.17) is 27.9 Å². The summed E-state index contributed by atoms with van der Waals surface area (Å²) in [5.41, 5.74) is 1.90. The molecule has 0 bridgehead atoms. The molecule has 3 rings (SSSR count). The summed E-state index contributed by atoms with van der Waals surface area (Å²) in [5.74, 6) is -0.897. The van der Waals surface area contributed by atoms with Gasteiger partial charge in [0.15, 0.2) is 0 Å². The lowest BCUT2D eigenvalue weighted by molar-refractivity contribution is -0.140. The summed E-state index contributed by atoms with van der Waals surface area (Å²) in [7, 11) is 3.77. The Labute approximate surface area is 210 Å². The number of carbonyl (C=O) groups is 2. The number of ketones is 1. The summed E-state index contributed by atoms with van der Waals surface area (Å²) in [6.07, 6.45) is 1.97. The number of likely N-dealkylation sites (tertiary alicyclic amines) is 1. The van der Waals surface area contributed by atoms with Gasteiger partial charge in [-0.3, -0.25) is 9.59 Å². The van der Waals surface area contributed by atoms with Crippen molar-refractivity contribution in [2.45, 2.75) is 32.7 Å². The lowest BCUT2D eigenvalue weighted by atomic mass is 9.94. The van der Waals surface area contributed by atoms with E-state index < -0.39 is 17.7 Å². The lowest BCUT2D eigenvalue weighted by Gasteiger charge is -2.26. The summed E-state index contributed by atoms with van der Waals surface area (Å²) in [5, 5.41) is 11.9. The van der Waals surface area contributed by atoms with Crippen molar-refractivity contribution >= 4 is 40.7 Å². The number of likely N-dealkylation sites (N-methyl/N-ethyl adjacent to an activating group) is 1. The average Bonchev–Trinajstić information content (AvgIpc) is 3.05. The van der Waals surface area contributed by atoms with E-state index in [1.165, 1.54) is 4.90 Å². The molecule has 182 valence electrons. The second kappa shape index (κ2) is 11.3. The topological polar surface area (TPSA) is 70.1 Å². The van der Waals surface area contributed by atoms with E-state index in [2.05, 4.69) is 6.92 Å². The van der Waals surface area contributed by atoms with Gasteiger partial charge >= 0.3 is 0 Å². The molecule has 2 aromatic rings. The number of hydrogen-bond donors (Lipinski definition) is 1. The van der Waals surface area contributed by atoms with Gasteiger partial charge in [-0.15, -0.1) is 0 Å². The summed E-state index contributed by atoms with van der Waals surface area (Å²) in [4.78, 5) is 29.5. The molecule has 8 heteroatoms. The number of amides is 1. The minimum Gasteiger partial charge on any atom is -0.507 e. The van der Waals surface area contributed by atoms with Crippen LogP contribution in [-0.4, -0.2) is 60.4 Å². The molecule has 1 atom stereocenters. The van der Waals surface area contributed by atoms with Crippen LogP contribution >= 0.6 is 23.2 Å². The van der Waals surface area contributed by atoms with Gasteiger partial charge in [0.05, 0.1) is 28.3 Å². The number of aliphatic hydroxyl groups is 1. The van der Waals surface area contributed by atoms with Gasteiger partial charge in [0, 0.05) is 18.7 Å². The number of rotatable bonds is 9. The Morgan fingerprint density at radius 1 is 1.12 bits per heavy atom. The van der Waals surface area contributed by atoms with Crippen molar-refractivity contribution in [3.8, 4) is 5.75 Å². The van der Waals surface area contributed by atoms with Gasteiger partial charge in [0.1, 0.15) is 11.5 Å². The lowest BCUT2D eigenvalue weighted by Crippen LogP contribution is -2.35. The standard InChI is InChI=1S/C26H30Cl2N2O4/c1-5-6-13-34-21-10-8-18(14-16(21)2)24(31)22-23(17-7-9-19(27)20(28)15-17)30(12-11-29(3)4)26(33)25(22)32/h7-10,14-15,23,31H,5-6,11-13H2,1-4H3/b24-22+/t23-/m1/s1.